The third-order valence-electron chi connectivity index (χ3n) is 15.9. The molecule has 0 radical (unpaired) electrons. The number of amides is 1. The van der Waals surface area contributed by atoms with Crippen LogP contribution in [0.25, 0.3) is 0 Å². The second-order valence-electron chi connectivity index (χ2n) is 17.8. The lowest BCUT2D eigenvalue weighted by Crippen LogP contribution is -2.60. The van der Waals surface area contributed by atoms with E-state index in [2.05, 4.69) is 34.6 Å². The molecule has 0 bridgehead atoms. The maximum absolute atomic E-state index is 12.8. The summed E-state index contributed by atoms with van der Waals surface area (Å²) >= 11 is 0. The van der Waals surface area contributed by atoms with Gasteiger partial charge in [-0.3, -0.25) is 4.79 Å². The zero-order valence-corrected chi connectivity index (χ0v) is 27.6. The highest BCUT2D eigenvalue weighted by Crippen LogP contribution is 2.89. The molecule has 8 nitrogen and oxygen atoms in total. The van der Waals surface area contributed by atoms with Crippen LogP contribution in [0.1, 0.15) is 105 Å². The first kappa shape index (κ1) is 30.1. The third kappa shape index (κ3) is 3.83. The highest BCUT2D eigenvalue weighted by molar-refractivity contribution is 5.76. The molecular formula is C36H55NO7. The zero-order chi connectivity index (χ0) is 31.0. The number of carbonyl (C=O) groups is 2. The van der Waals surface area contributed by atoms with Crippen LogP contribution < -0.4 is 0 Å². The molecule has 2 spiro atoms. The van der Waals surface area contributed by atoms with Crippen molar-refractivity contribution >= 4 is 11.9 Å². The smallest absolute Gasteiger partial charge is 0.332 e. The number of aliphatic hydroxyl groups excluding tert-OH is 1. The van der Waals surface area contributed by atoms with Crippen molar-refractivity contribution in [3.8, 4) is 0 Å². The first-order valence-electron chi connectivity index (χ1n) is 17.9. The van der Waals surface area contributed by atoms with Gasteiger partial charge in [0, 0.05) is 18.4 Å². The van der Waals surface area contributed by atoms with Crippen LogP contribution >= 0.6 is 0 Å². The van der Waals surface area contributed by atoms with Gasteiger partial charge in [0.2, 0.25) is 5.91 Å². The molecule has 6 saturated carbocycles. The molecule has 246 valence electrons. The Morgan fingerprint density at radius 1 is 0.977 bits per heavy atom. The third-order valence-corrected chi connectivity index (χ3v) is 15.9. The lowest BCUT2D eigenvalue weighted by Gasteiger charge is -2.63. The first-order chi connectivity index (χ1) is 20.8. The number of ether oxygens (including phenoxy) is 3. The second kappa shape index (κ2) is 9.67. The molecule has 0 aromatic carbocycles. The summed E-state index contributed by atoms with van der Waals surface area (Å²) in [7, 11) is 0. The molecule has 2 heterocycles. The Morgan fingerprint density at radius 3 is 2.43 bits per heavy atom. The van der Waals surface area contributed by atoms with E-state index in [9.17, 15) is 19.8 Å². The lowest BCUT2D eigenvalue weighted by atomic mass is 9.41. The summed E-state index contributed by atoms with van der Waals surface area (Å²) in [5.74, 6) is 1.33. The zero-order valence-electron chi connectivity index (χ0n) is 27.6. The van der Waals surface area contributed by atoms with Crippen molar-refractivity contribution in [3.63, 3.8) is 0 Å². The minimum Gasteiger partial charge on any atom is -0.479 e. The SMILES string of the molecule is C[C@@H]1CC(C(=O)O)OC2[C@H]1[C@@]1(C)CC[C@@]34C[C@@]35CC[C@H](OC3CN(C(=O)CC6CC6)CCO3)C(C)(C)[C@@H]5CCC4[C@]1(C)[C@H]2O. The topological polar surface area (TPSA) is 106 Å². The van der Waals surface area contributed by atoms with Crippen molar-refractivity contribution < 1.29 is 34.0 Å². The number of aliphatic carboxylic acids is 1. The lowest BCUT2D eigenvalue weighted by molar-refractivity contribution is -0.248. The van der Waals surface area contributed by atoms with Gasteiger partial charge in [0.25, 0.3) is 0 Å². The molecular weight excluding hydrogens is 558 g/mol. The van der Waals surface area contributed by atoms with Gasteiger partial charge in [-0.05, 0) is 115 Å². The molecule has 8 fully saturated rings. The van der Waals surface area contributed by atoms with Gasteiger partial charge in [-0.15, -0.1) is 0 Å². The Kier molecular flexibility index (Phi) is 6.62. The monoisotopic (exact) mass is 613 g/mol. The Morgan fingerprint density at radius 2 is 1.70 bits per heavy atom. The minimum atomic E-state index is -0.900. The van der Waals surface area contributed by atoms with Crippen LogP contribution in [0, 0.1) is 56.7 Å². The molecule has 8 aliphatic rings. The molecule has 8 heteroatoms. The van der Waals surface area contributed by atoms with E-state index in [0.29, 0.717) is 50.3 Å². The van der Waals surface area contributed by atoms with Gasteiger partial charge in [-0.25, -0.2) is 4.79 Å². The average molecular weight is 614 g/mol. The Balaban J connectivity index is 1.01. The molecule has 4 unspecified atom stereocenters. The highest BCUT2D eigenvalue weighted by Gasteiger charge is 2.84. The number of hydrogen-bond donors (Lipinski definition) is 2. The van der Waals surface area contributed by atoms with Gasteiger partial charge >= 0.3 is 5.97 Å². The van der Waals surface area contributed by atoms with Crippen LogP contribution in [-0.2, 0) is 23.8 Å². The van der Waals surface area contributed by atoms with E-state index in [-0.39, 0.29) is 57.2 Å². The van der Waals surface area contributed by atoms with Gasteiger partial charge in [0.15, 0.2) is 12.4 Å². The summed E-state index contributed by atoms with van der Waals surface area (Å²) in [6.07, 6.45) is 9.42. The summed E-state index contributed by atoms with van der Waals surface area (Å²) in [6.45, 7) is 13.6. The van der Waals surface area contributed by atoms with Crippen LogP contribution in [-0.4, -0.2) is 77.4 Å². The van der Waals surface area contributed by atoms with Crippen LogP contribution in [0.2, 0.25) is 0 Å². The molecule has 8 rings (SSSR count). The van der Waals surface area contributed by atoms with Gasteiger partial charge in [-0.2, -0.15) is 0 Å². The number of aliphatic hydroxyl groups is 1. The summed E-state index contributed by atoms with van der Waals surface area (Å²) < 4.78 is 19.2. The van der Waals surface area contributed by atoms with Crippen molar-refractivity contribution in [2.75, 3.05) is 19.7 Å². The predicted molar refractivity (Wildman–Crippen MR) is 162 cm³/mol. The summed E-state index contributed by atoms with van der Waals surface area (Å²) in [4.78, 5) is 26.8. The number of rotatable bonds is 5. The van der Waals surface area contributed by atoms with Gasteiger partial charge < -0.3 is 29.3 Å². The van der Waals surface area contributed by atoms with Crippen molar-refractivity contribution in [2.24, 2.45) is 56.7 Å². The van der Waals surface area contributed by atoms with Gasteiger partial charge in [0.05, 0.1) is 31.5 Å². The second-order valence-corrected chi connectivity index (χ2v) is 17.8. The maximum atomic E-state index is 12.8. The molecule has 13 atom stereocenters. The molecule has 44 heavy (non-hydrogen) atoms. The van der Waals surface area contributed by atoms with Crippen LogP contribution in [0.3, 0.4) is 0 Å². The number of morpholine rings is 1. The predicted octanol–water partition coefficient (Wildman–Crippen LogP) is 5.25. The number of fused-ring (bicyclic) bond motifs is 4. The molecule has 2 N–H and O–H groups in total. The van der Waals surface area contributed by atoms with Gasteiger partial charge in [-0.1, -0.05) is 34.6 Å². The van der Waals surface area contributed by atoms with E-state index >= 15 is 0 Å². The van der Waals surface area contributed by atoms with Crippen LogP contribution in [0.5, 0.6) is 0 Å². The summed E-state index contributed by atoms with van der Waals surface area (Å²) in [6, 6.07) is 0. The molecule has 6 aliphatic carbocycles. The Bertz CT molecular complexity index is 1220. The number of carboxylic acids is 1. The van der Waals surface area contributed by atoms with Crippen molar-refractivity contribution in [3.05, 3.63) is 0 Å². The fraction of sp³-hybridized carbons (Fsp3) is 0.944. The largest absolute Gasteiger partial charge is 0.479 e. The first-order valence-corrected chi connectivity index (χ1v) is 17.9. The van der Waals surface area contributed by atoms with E-state index in [1.54, 1.807) is 0 Å². The van der Waals surface area contributed by atoms with Crippen LogP contribution in [0.4, 0.5) is 0 Å². The number of carboxylic acid groups (broad SMARTS) is 1. The minimum absolute atomic E-state index is 0.00729. The number of nitrogens with zero attached hydrogens (tertiary/aromatic N) is 1. The fourth-order valence-electron chi connectivity index (χ4n) is 13.5. The van der Waals surface area contributed by atoms with Crippen molar-refractivity contribution in [1.82, 2.24) is 4.90 Å². The van der Waals surface area contributed by atoms with Crippen molar-refractivity contribution in [2.45, 2.75) is 136 Å². The Labute approximate surface area is 262 Å². The molecule has 2 saturated heterocycles. The van der Waals surface area contributed by atoms with E-state index < -0.39 is 24.3 Å². The normalized spacial score (nSPS) is 53.9. The van der Waals surface area contributed by atoms with E-state index in [0.717, 1.165) is 32.1 Å². The van der Waals surface area contributed by atoms with E-state index in [1.807, 2.05) is 4.90 Å². The quantitative estimate of drug-likeness (QED) is 0.436. The molecule has 0 aromatic rings. The van der Waals surface area contributed by atoms with Crippen molar-refractivity contribution in [1.29, 1.82) is 0 Å². The average Bonchev–Trinajstić information content (AvgIpc) is 3.90. The van der Waals surface area contributed by atoms with E-state index in [1.165, 1.54) is 25.7 Å². The Hall–Kier alpha value is -1.22. The standard InChI is InChI=1S/C36H55NO7/c1-20-16-22(31(40)41)43-29-28(20)33(4)12-13-36-19-35(36)11-10-25(32(2,3)23(35)8-9-24(36)34(33,5)30(29)39)44-27-18-37(14-15-42-27)26(38)17-21-6-7-21/h20-25,27-30,39H,6-19H2,1-5H3,(H,40,41)/t20-,22?,23+,24?,25+,27?,28+,29?,30+,33-,34-,35-,36+/m1/s1. The van der Waals surface area contributed by atoms with E-state index in [4.69, 9.17) is 14.2 Å². The number of carbonyl (C=O) groups excluding carboxylic acids is 1. The fourth-order valence-corrected chi connectivity index (χ4v) is 13.5. The maximum Gasteiger partial charge on any atom is 0.332 e. The number of hydrogen-bond acceptors (Lipinski definition) is 6. The molecule has 1 amide bonds. The highest BCUT2D eigenvalue weighted by atomic mass is 16.7. The van der Waals surface area contributed by atoms with Gasteiger partial charge in [0.1, 0.15) is 0 Å². The molecule has 2 aliphatic heterocycles. The van der Waals surface area contributed by atoms with Crippen LogP contribution in [0.15, 0.2) is 0 Å². The molecule has 0 aromatic heterocycles. The summed E-state index contributed by atoms with van der Waals surface area (Å²) in [5.41, 5.74) is 0.160. The summed E-state index contributed by atoms with van der Waals surface area (Å²) in [5, 5.41) is 22.0.